The Morgan fingerprint density at radius 2 is 2.04 bits per heavy atom. The van der Waals surface area contributed by atoms with Crippen molar-refractivity contribution in [3.8, 4) is 5.75 Å². The molecule has 1 N–H and O–H groups in total. The van der Waals surface area contributed by atoms with Gasteiger partial charge in [0.05, 0.1) is 6.61 Å². The molecule has 0 radical (unpaired) electrons. The first-order valence-corrected chi connectivity index (χ1v) is 8.88. The number of rotatable bonds is 6. The van der Waals surface area contributed by atoms with E-state index in [9.17, 15) is 9.59 Å². The van der Waals surface area contributed by atoms with Gasteiger partial charge in [-0.25, -0.2) is 4.79 Å². The van der Waals surface area contributed by atoms with E-state index in [1.807, 2.05) is 6.92 Å². The highest BCUT2D eigenvalue weighted by Crippen LogP contribution is 2.20. The average molecular weight is 344 g/mol. The number of amides is 1. The molecule has 134 valence electrons. The number of piperidine rings is 1. The number of ether oxygens (including phenoxy) is 1. The van der Waals surface area contributed by atoms with Crippen LogP contribution in [0.1, 0.15) is 36.5 Å². The number of benzene rings is 1. The molecule has 1 fully saturated rings. The second kappa shape index (κ2) is 8.16. The van der Waals surface area contributed by atoms with Gasteiger partial charge in [0.1, 0.15) is 16.9 Å². The van der Waals surface area contributed by atoms with Gasteiger partial charge in [0.15, 0.2) is 0 Å². The largest absolute Gasteiger partial charge is 0.494 e. The van der Waals surface area contributed by atoms with Crippen molar-refractivity contribution >= 4 is 16.9 Å². The Morgan fingerprint density at radius 3 is 2.80 bits per heavy atom. The monoisotopic (exact) mass is 344 g/mol. The van der Waals surface area contributed by atoms with Crippen LogP contribution in [0, 0.1) is 0 Å². The van der Waals surface area contributed by atoms with Crippen molar-refractivity contribution < 1.29 is 13.9 Å². The first kappa shape index (κ1) is 17.5. The molecule has 1 saturated heterocycles. The summed E-state index contributed by atoms with van der Waals surface area (Å²) in [6.45, 7) is 5.92. The maximum Gasteiger partial charge on any atom is 0.349 e. The average Bonchev–Trinajstić information content (AvgIpc) is 2.62. The molecule has 3 rings (SSSR count). The molecular weight excluding hydrogens is 320 g/mol. The molecule has 0 bridgehead atoms. The molecular formula is C19H24N2O4. The first-order valence-electron chi connectivity index (χ1n) is 8.88. The second-order valence-electron chi connectivity index (χ2n) is 6.24. The number of nitrogens with one attached hydrogen (secondary N) is 1. The Hall–Kier alpha value is -2.34. The molecule has 1 aliphatic rings. The van der Waals surface area contributed by atoms with E-state index in [1.54, 1.807) is 24.3 Å². The van der Waals surface area contributed by atoms with Crippen molar-refractivity contribution in [3.05, 3.63) is 40.2 Å². The van der Waals surface area contributed by atoms with Crippen LogP contribution in [0.15, 0.2) is 33.5 Å². The zero-order chi connectivity index (χ0) is 17.6. The van der Waals surface area contributed by atoms with Gasteiger partial charge < -0.3 is 19.4 Å². The van der Waals surface area contributed by atoms with Gasteiger partial charge in [-0.3, -0.25) is 4.79 Å². The SMILES string of the molecule is CCOc1ccc2cc(C(=O)NCCN3CCCCC3)c(=O)oc2c1. The lowest BCUT2D eigenvalue weighted by molar-refractivity contribution is 0.0943. The van der Waals surface area contributed by atoms with Crippen LogP contribution in [-0.2, 0) is 0 Å². The summed E-state index contributed by atoms with van der Waals surface area (Å²) in [7, 11) is 0. The lowest BCUT2D eigenvalue weighted by Gasteiger charge is -2.26. The third-order valence-electron chi connectivity index (χ3n) is 4.43. The molecule has 2 heterocycles. The van der Waals surface area contributed by atoms with Crippen molar-refractivity contribution in [2.24, 2.45) is 0 Å². The van der Waals surface area contributed by atoms with E-state index in [4.69, 9.17) is 9.15 Å². The Balaban J connectivity index is 1.67. The Bertz CT molecular complexity index is 794. The minimum atomic E-state index is -0.628. The molecule has 0 spiro atoms. The zero-order valence-electron chi connectivity index (χ0n) is 14.5. The molecule has 6 heteroatoms. The van der Waals surface area contributed by atoms with E-state index < -0.39 is 5.63 Å². The Labute approximate surface area is 146 Å². The highest BCUT2D eigenvalue weighted by Gasteiger charge is 2.15. The topological polar surface area (TPSA) is 71.8 Å². The van der Waals surface area contributed by atoms with E-state index in [-0.39, 0.29) is 11.5 Å². The minimum Gasteiger partial charge on any atom is -0.494 e. The second-order valence-corrected chi connectivity index (χ2v) is 6.24. The summed E-state index contributed by atoms with van der Waals surface area (Å²) in [5, 5.41) is 3.52. The van der Waals surface area contributed by atoms with Gasteiger partial charge in [-0.05, 0) is 51.1 Å². The van der Waals surface area contributed by atoms with Crippen molar-refractivity contribution in [2.75, 3.05) is 32.8 Å². The predicted octanol–water partition coefficient (Wildman–Crippen LogP) is 2.41. The van der Waals surface area contributed by atoms with Gasteiger partial charge in [-0.15, -0.1) is 0 Å². The first-order chi connectivity index (χ1) is 12.2. The molecule has 1 aromatic carbocycles. The number of fused-ring (bicyclic) bond motifs is 1. The summed E-state index contributed by atoms with van der Waals surface area (Å²) in [5.74, 6) is 0.249. The van der Waals surface area contributed by atoms with Crippen molar-refractivity contribution in [2.45, 2.75) is 26.2 Å². The smallest absolute Gasteiger partial charge is 0.349 e. The fourth-order valence-electron chi connectivity index (χ4n) is 3.11. The van der Waals surface area contributed by atoms with Crippen LogP contribution < -0.4 is 15.7 Å². The van der Waals surface area contributed by atoms with Crippen LogP contribution in [0.5, 0.6) is 5.75 Å². The van der Waals surface area contributed by atoms with Crippen molar-refractivity contribution in [3.63, 3.8) is 0 Å². The molecule has 0 unspecified atom stereocenters. The maximum absolute atomic E-state index is 12.3. The Kier molecular flexibility index (Phi) is 5.71. The maximum atomic E-state index is 12.3. The molecule has 0 saturated carbocycles. The fourth-order valence-corrected chi connectivity index (χ4v) is 3.11. The van der Waals surface area contributed by atoms with Crippen LogP contribution in [0.3, 0.4) is 0 Å². The standard InChI is InChI=1S/C19H24N2O4/c1-2-24-15-7-6-14-12-16(19(23)25-17(14)13-15)18(22)20-8-11-21-9-4-3-5-10-21/h6-7,12-13H,2-5,8-11H2,1H3,(H,20,22). The van der Waals surface area contributed by atoms with Gasteiger partial charge in [0, 0.05) is 24.5 Å². The third kappa shape index (κ3) is 4.39. The van der Waals surface area contributed by atoms with Gasteiger partial charge >= 0.3 is 5.63 Å². The van der Waals surface area contributed by atoms with E-state index in [0.717, 1.165) is 19.6 Å². The van der Waals surface area contributed by atoms with Gasteiger partial charge in [0.25, 0.3) is 5.91 Å². The van der Waals surface area contributed by atoms with Crippen LogP contribution in [0.25, 0.3) is 11.0 Å². The van der Waals surface area contributed by atoms with Gasteiger partial charge in [-0.1, -0.05) is 6.42 Å². The van der Waals surface area contributed by atoms with Gasteiger partial charge in [-0.2, -0.15) is 0 Å². The molecule has 25 heavy (non-hydrogen) atoms. The van der Waals surface area contributed by atoms with E-state index in [1.165, 1.54) is 19.3 Å². The molecule has 0 atom stereocenters. The van der Waals surface area contributed by atoms with E-state index >= 15 is 0 Å². The number of carbonyl (C=O) groups excluding carboxylic acids is 1. The lowest BCUT2D eigenvalue weighted by Crippen LogP contribution is -2.38. The summed E-state index contributed by atoms with van der Waals surface area (Å²) in [4.78, 5) is 26.8. The molecule has 0 aliphatic carbocycles. The predicted molar refractivity (Wildman–Crippen MR) is 96.3 cm³/mol. The summed E-state index contributed by atoms with van der Waals surface area (Å²) < 4.78 is 10.7. The molecule has 6 nitrogen and oxygen atoms in total. The van der Waals surface area contributed by atoms with Crippen LogP contribution in [-0.4, -0.2) is 43.6 Å². The molecule has 1 aromatic heterocycles. The van der Waals surface area contributed by atoms with Crippen molar-refractivity contribution in [1.29, 1.82) is 0 Å². The zero-order valence-corrected chi connectivity index (χ0v) is 14.5. The quantitative estimate of drug-likeness (QED) is 0.815. The highest BCUT2D eigenvalue weighted by atomic mass is 16.5. The van der Waals surface area contributed by atoms with E-state index in [2.05, 4.69) is 10.2 Å². The number of hydrogen-bond donors (Lipinski definition) is 1. The van der Waals surface area contributed by atoms with E-state index in [0.29, 0.717) is 29.9 Å². The fraction of sp³-hybridized carbons (Fsp3) is 0.474. The number of likely N-dealkylation sites (tertiary alicyclic amines) is 1. The minimum absolute atomic E-state index is 0.0373. The van der Waals surface area contributed by atoms with Crippen LogP contribution in [0.2, 0.25) is 0 Å². The number of nitrogens with zero attached hydrogens (tertiary/aromatic N) is 1. The normalized spacial score (nSPS) is 15.2. The van der Waals surface area contributed by atoms with Crippen LogP contribution in [0.4, 0.5) is 0 Å². The van der Waals surface area contributed by atoms with Crippen molar-refractivity contribution in [1.82, 2.24) is 10.2 Å². The lowest BCUT2D eigenvalue weighted by atomic mass is 10.1. The summed E-state index contributed by atoms with van der Waals surface area (Å²) in [5.41, 5.74) is -0.173. The third-order valence-corrected chi connectivity index (χ3v) is 4.43. The number of hydrogen-bond acceptors (Lipinski definition) is 5. The molecule has 1 aliphatic heterocycles. The molecule has 1 amide bonds. The van der Waals surface area contributed by atoms with Gasteiger partial charge in [0.2, 0.25) is 0 Å². The summed E-state index contributed by atoms with van der Waals surface area (Å²) in [6.07, 6.45) is 3.71. The molecule has 2 aromatic rings. The highest BCUT2D eigenvalue weighted by molar-refractivity contribution is 5.96. The number of carbonyl (C=O) groups is 1. The van der Waals surface area contributed by atoms with Crippen LogP contribution >= 0.6 is 0 Å². The summed E-state index contributed by atoms with van der Waals surface area (Å²) >= 11 is 0. The summed E-state index contributed by atoms with van der Waals surface area (Å²) in [6, 6.07) is 6.82. The Morgan fingerprint density at radius 1 is 1.24 bits per heavy atom.